The predicted octanol–water partition coefficient (Wildman–Crippen LogP) is 2.18. The van der Waals surface area contributed by atoms with Crippen LogP contribution < -0.4 is 4.74 Å². The number of rotatable bonds is 5. The summed E-state index contributed by atoms with van der Waals surface area (Å²) < 4.78 is 5.18. The van der Waals surface area contributed by atoms with E-state index in [0.717, 1.165) is 0 Å². The summed E-state index contributed by atoms with van der Waals surface area (Å²) in [4.78, 5) is 14.5. The molecule has 21 heavy (non-hydrogen) atoms. The highest BCUT2D eigenvalue weighted by Gasteiger charge is 2.07. The van der Waals surface area contributed by atoms with E-state index in [1.807, 2.05) is 6.07 Å². The number of phenolic OH excluding ortho intramolecular Hbond substituents is 1. The van der Waals surface area contributed by atoms with Crippen molar-refractivity contribution in [2.75, 3.05) is 6.61 Å². The number of nitrogens with zero attached hydrogens (tertiary/aromatic N) is 2. The minimum Gasteiger partial charge on any atom is -0.504 e. The molecule has 2 N–H and O–H groups in total. The van der Waals surface area contributed by atoms with E-state index in [-0.39, 0.29) is 24.5 Å². The number of aliphatic carboxylic acids is 1. The van der Waals surface area contributed by atoms with Gasteiger partial charge in [-0.1, -0.05) is 0 Å². The van der Waals surface area contributed by atoms with E-state index in [0.29, 0.717) is 16.8 Å². The lowest BCUT2D eigenvalue weighted by molar-refractivity contribution is -0.137. The maximum atomic E-state index is 10.4. The lowest BCUT2D eigenvalue weighted by atomic mass is 10.1. The van der Waals surface area contributed by atoms with E-state index >= 15 is 0 Å². The number of carbonyl (C=O) groups is 1. The zero-order valence-electron chi connectivity index (χ0n) is 11.0. The van der Waals surface area contributed by atoms with Gasteiger partial charge >= 0.3 is 5.97 Å². The summed E-state index contributed by atoms with van der Waals surface area (Å²) in [5.74, 6) is -0.842. The molecule has 1 heterocycles. The molecule has 6 heteroatoms. The van der Waals surface area contributed by atoms with Gasteiger partial charge in [-0.25, -0.2) is 0 Å². The van der Waals surface area contributed by atoms with Crippen LogP contribution >= 0.6 is 0 Å². The molecule has 0 bridgehead atoms. The minimum atomic E-state index is -0.965. The summed E-state index contributed by atoms with van der Waals surface area (Å²) in [7, 11) is 0. The molecule has 0 amide bonds. The van der Waals surface area contributed by atoms with Gasteiger partial charge in [-0.05, 0) is 30.3 Å². The van der Waals surface area contributed by atoms with Crippen LogP contribution in [0.3, 0.4) is 0 Å². The Balaban J connectivity index is 2.14. The van der Waals surface area contributed by atoms with E-state index in [1.165, 1.54) is 12.3 Å². The van der Waals surface area contributed by atoms with Crippen LogP contribution in [-0.2, 0) is 4.79 Å². The minimum absolute atomic E-state index is 0.0165. The average Bonchev–Trinajstić information content (AvgIpc) is 2.48. The molecule has 0 aliphatic rings. The van der Waals surface area contributed by atoms with Gasteiger partial charge in [0.1, 0.15) is 6.07 Å². The van der Waals surface area contributed by atoms with Crippen molar-refractivity contribution in [1.82, 2.24) is 4.98 Å². The Morgan fingerprint density at radius 1 is 1.33 bits per heavy atom. The molecule has 6 nitrogen and oxygen atoms in total. The molecule has 0 aliphatic heterocycles. The highest BCUT2D eigenvalue weighted by atomic mass is 16.5. The molecular formula is C15H12N2O4. The summed E-state index contributed by atoms with van der Waals surface area (Å²) in [5, 5.41) is 27.1. The number of aromatic hydroxyl groups is 1. The molecule has 0 radical (unpaired) electrons. The van der Waals surface area contributed by atoms with Gasteiger partial charge in [0, 0.05) is 11.8 Å². The fourth-order valence-corrected chi connectivity index (χ4v) is 1.68. The van der Waals surface area contributed by atoms with Crippen molar-refractivity contribution < 1.29 is 19.7 Å². The van der Waals surface area contributed by atoms with Gasteiger partial charge in [0.2, 0.25) is 0 Å². The topological polar surface area (TPSA) is 103 Å². The first-order valence-corrected chi connectivity index (χ1v) is 6.14. The highest BCUT2D eigenvalue weighted by molar-refractivity contribution is 5.67. The molecule has 1 aromatic heterocycles. The Morgan fingerprint density at radius 3 is 2.71 bits per heavy atom. The third-order valence-corrected chi connectivity index (χ3v) is 2.72. The van der Waals surface area contributed by atoms with Crippen molar-refractivity contribution in [2.24, 2.45) is 0 Å². The maximum absolute atomic E-state index is 10.4. The Morgan fingerprint density at radius 2 is 2.14 bits per heavy atom. The number of hydrogen-bond acceptors (Lipinski definition) is 5. The van der Waals surface area contributed by atoms with Gasteiger partial charge in [-0.15, -0.1) is 0 Å². The molecule has 106 valence electrons. The van der Waals surface area contributed by atoms with Gasteiger partial charge in [0.25, 0.3) is 0 Å². The third-order valence-electron chi connectivity index (χ3n) is 2.72. The van der Waals surface area contributed by atoms with Gasteiger partial charge in [0.05, 0.1) is 24.3 Å². The molecule has 2 rings (SSSR count). The molecule has 0 aliphatic carbocycles. The Bertz CT molecular complexity index is 690. The van der Waals surface area contributed by atoms with E-state index in [9.17, 15) is 9.90 Å². The lowest BCUT2D eigenvalue weighted by Crippen LogP contribution is -2.04. The number of carboxylic acids is 1. The van der Waals surface area contributed by atoms with Crippen molar-refractivity contribution in [3.63, 3.8) is 0 Å². The van der Waals surface area contributed by atoms with Crippen LogP contribution in [0.2, 0.25) is 0 Å². The van der Waals surface area contributed by atoms with Crippen molar-refractivity contribution in [1.29, 1.82) is 5.26 Å². The second-order valence-corrected chi connectivity index (χ2v) is 4.22. The molecule has 0 saturated carbocycles. The van der Waals surface area contributed by atoms with E-state index in [1.54, 1.807) is 24.3 Å². The van der Waals surface area contributed by atoms with Crippen molar-refractivity contribution >= 4 is 5.97 Å². The summed E-state index contributed by atoms with van der Waals surface area (Å²) >= 11 is 0. The number of pyridine rings is 1. The Kier molecular flexibility index (Phi) is 4.36. The maximum Gasteiger partial charge on any atom is 0.306 e. The summed E-state index contributed by atoms with van der Waals surface area (Å²) in [6.07, 6.45) is 1.31. The zero-order valence-corrected chi connectivity index (χ0v) is 11.0. The number of phenols is 1. The van der Waals surface area contributed by atoms with Crippen molar-refractivity contribution in [3.05, 3.63) is 42.1 Å². The summed E-state index contributed by atoms with van der Waals surface area (Å²) in [6, 6.07) is 10.0. The van der Waals surface area contributed by atoms with E-state index in [4.69, 9.17) is 15.1 Å². The molecule has 1 aromatic carbocycles. The molecule has 0 atom stereocenters. The fraction of sp³-hybridized carbons (Fsp3) is 0.133. The van der Waals surface area contributed by atoms with Gasteiger partial charge < -0.3 is 14.9 Å². The molecule has 0 saturated heterocycles. The molecule has 0 unspecified atom stereocenters. The molecule has 0 spiro atoms. The van der Waals surface area contributed by atoms with Crippen LogP contribution in [-0.4, -0.2) is 27.8 Å². The van der Waals surface area contributed by atoms with Crippen LogP contribution in [0.5, 0.6) is 11.5 Å². The number of aromatic nitrogens is 1. The highest BCUT2D eigenvalue weighted by Crippen LogP contribution is 2.30. The number of ether oxygens (including phenoxy) is 1. The number of hydrogen-bond donors (Lipinski definition) is 2. The van der Waals surface area contributed by atoms with E-state index < -0.39 is 5.97 Å². The third kappa shape index (κ3) is 3.70. The smallest absolute Gasteiger partial charge is 0.306 e. The number of carboxylic acid groups (broad SMARTS) is 1. The van der Waals surface area contributed by atoms with Gasteiger partial charge in [0.15, 0.2) is 11.5 Å². The monoisotopic (exact) mass is 284 g/mol. The Labute approximate surface area is 120 Å². The second-order valence-electron chi connectivity index (χ2n) is 4.22. The second kappa shape index (κ2) is 6.39. The first-order chi connectivity index (χ1) is 10.1. The quantitative estimate of drug-likeness (QED) is 0.872. The van der Waals surface area contributed by atoms with Crippen molar-refractivity contribution in [2.45, 2.75) is 6.42 Å². The predicted molar refractivity (Wildman–Crippen MR) is 73.8 cm³/mol. The van der Waals surface area contributed by atoms with Crippen LogP contribution in [0.15, 0.2) is 36.5 Å². The van der Waals surface area contributed by atoms with Crippen LogP contribution in [0.1, 0.15) is 12.0 Å². The van der Waals surface area contributed by atoms with Crippen LogP contribution in [0.4, 0.5) is 0 Å². The zero-order chi connectivity index (χ0) is 15.2. The average molecular weight is 284 g/mol. The summed E-state index contributed by atoms with van der Waals surface area (Å²) in [6.45, 7) is -0.0165. The molecule has 2 aromatic rings. The van der Waals surface area contributed by atoms with Crippen LogP contribution in [0, 0.1) is 11.3 Å². The molecule has 0 fully saturated rings. The lowest BCUT2D eigenvalue weighted by Gasteiger charge is -2.08. The van der Waals surface area contributed by atoms with E-state index in [2.05, 4.69) is 4.98 Å². The standard InChI is InChI=1S/C15H12N2O4/c16-8-10-1-3-12(17-9-10)11-2-4-14(13(18)7-11)21-6-5-15(19)20/h1-4,7,9,18H,5-6H2,(H,19,20). The number of nitriles is 1. The first-order valence-electron chi connectivity index (χ1n) is 6.14. The first kappa shape index (κ1) is 14.3. The van der Waals surface area contributed by atoms with Crippen LogP contribution in [0.25, 0.3) is 11.3 Å². The summed E-state index contributed by atoms with van der Waals surface area (Å²) in [5.41, 5.74) is 1.74. The normalized spacial score (nSPS) is 9.86. The largest absolute Gasteiger partial charge is 0.504 e. The van der Waals surface area contributed by atoms with Gasteiger partial charge in [-0.2, -0.15) is 5.26 Å². The Hall–Kier alpha value is -3.07. The van der Waals surface area contributed by atoms with Crippen molar-refractivity contribution in [3.8, 4) is 28.8 Å². The van der Waals surface area contributed by atoms with Gasteiger partial charge in [-0.3, -0.25) is 9.78 Å². The molecular weight excluding hydrogens is 272 g/mol. The SMILES string of the molecule is N#Cc1ccc(-c2ccc(OCCC(=O)O)c(O)c2)nc1. The fourth-order valence-electron chi connectivity index (χ4n) is 1.68. The number of benzene rings is 1.